The van der Waals surface area contributed by atoms with E-state index in [-0.39, 0.29) is 5.41 Å². The van der Waals surface area contributed by atoms with Crippen LogP contribution in [-0.2, 0) is 5.41 Å². The summed E-state index contributed by atoms with van der Waals surface area (Å²) in [4.78, 5) is 0. The first-order valence-electron chi connectivity index (χ1n) is 14.0. The molecule has 0 aliphatic heterocycles. The van der Waals surface area contributed by atoms with Gasteiger partial charge in [-0.25, -0.2) is 0 Å². The Morgan fingerprint density at radius 3 is 2.33 bits per heavy atom. The molecule has 3 fully saturated rings. The molecule has 0 amide bonds. The summed E-state index contributed by atoms with van der Waals surface area (Å²) in [7, 11) is 0. The van der Waals surface area contributed by atoms with Crippen LogP contribution < -0.4 is 5.32 Å². The highest BCUT2D eigenvalue weighted by Gasteiger charge is 2.62. The Hall–Kier alpha value is -3.32. The fourth-order valence-electron chi connectivity index (χ4n) is 9.06. The van der Waals surface area contributed by atoms with Crippen molar-refractivity contribution in [3.63, 3.8) is 0 Å². The fraction of sp³-hybridized carbons (Fsp3) is 0.314. The molecular weight excluding hydrogens is 434 g/mol. The molecule has 0 aromatic heterocycles. The maximum absolute atomic E-state index is 3.85. The summed E-state index contributed by atoms with van der Waals surface area (Å²) in [5.41, 5.74) is 11.4. The van der Waals surface area contributed by atoms with Gasteiger partial charge in [-0.3, -0.25) is 0 Å². The number of nitrogens with one attached hydrogen (secondary N) is 1. The first-order valence-corrected chi connectivity index (χ1v) is 14.0. The van der Waals surface area contributed by atoms with Crippen molar-refractivity contribution in [1.82, 2.24) is 0 Å². The molecule has 5 unspecified atom stereocenters. The standard InChI is InChI=1S/C35H33N/c1-2-10-24(11-3-1)28-12-5-7-16-34(28)36-27-17-18-30-29-13-4-6-14-32(29)35(33(30)22-27)26-20-23-9-8-15-31(35)25(19-23)21-26/h1-7,10-14,16-18,22-23,25-26,31,36H,8-9,15,19-21H2. The molecule has 4 aromatic carbocycles. The number of para-hydroxylation sites is 1. The van der Waals surface area contributed by atoms with Crippen molar-refractivity contribution >= 4 is 11.4 Å². The summed E-state index contributed by atoms with van der Waals surface area (Å²) < 4.78 is 0. The minimum atomic E-state index is 0.211. The second kappa shape index (κ2) is 7.84. The zero-order valence-corrected chi connectivity index (χ0v) is 20.8. The number of benzene rings is 4. The van der Waals surface area contributed by atoms with Crippen LogP contribution >= 0.6 is 0 Å². The molecule has 8 rings (SSSR count). The molecule has 178 valence electrons. The lowest BCUT2D eigenvalue weighted by Gasteiger charge is -2.41. The van der Waals surface area contributed by atoms with E-state index in [1.165, 1.54) is 72.2 Å². The highest BCUT2D eigenvalue weighted by molar-refractivity contribution is 5.86. The van der Waals surface area contributed by atoms with Crippen molar-refractivity contribution in [2.24, 2.45) is 23.7 Å². The van der Waals surface area contributed by atoms with Crippen molar-refractivity contribution in [3.05, 3.63) is 108 Å². The predicted octanol–water partition coefficient (Wildman–Crippen LogP) is 9.21. The van der Waals surface area contributed by atoms with E-state index in [1.54, 1.807) is 11.1 Å². The third kappa shape index (κ3) is 2.83. The van der Waals surface area contributed by atoms with E-state index in [1.807, 2.05) is 0 Å². The van der Waals surface area contributed by atoms with Gasteiger partial charge in [-0.05, 0) is 95.4 Å². The Morgan fingerprint density at radius 1 is 0.639 bits per heavy atom. The van der Waals surface area contributed by atoms with E-state index >= 15 is 0 Å². The van der Waals surface area contributed by atoms with Gasteiger partial charge < -0.3 is 5.32 Å². The molecule has 1 spiro atoms. The zero-order chi connectivity index (χ0) is 23.7. The lowest BCUT2D eigenvalue weighted by Crippen LogP contribution is -2.37. The van der Waals surface area contributed by atoms with Gasteiger partial charge in [0, 0.05) is 22.4 Å². The molecule has 4 aromatic rings. The van der Waals surface area contributed by atoms with Gasteiger partial charge in [-0.2, -0.15) is 0 Å². The van der Waals surface area contributed by atoms with Gasteiger partial charge in [-0.15, -0.1) is 0 Å². The summed E-state index contributed by atoms with van der Waals surface area (Å²) in [6.45, 7) is 0. The minimum absolute atomic E-state index is 0.211. The van der Waals surface area contributed by atoms with Crippen molar-refractivity contribution in [3.8, 4) is 22.3 Å². The maximum Gasteiger partial charge on any atom is 0.0463 e. The average molecular weight is 468 g/mol. The van der Waals surface area contributed by atoms with Gasteiger partial charge >= 0.3 is 0 Å². The number of hydrogen-bond donors (Lipinski definition) is 1. The van der Waals surface area contributed by atoms with Crippen LogP contribution in [0.5, 0.6) is 0 Å². The molecule has 4 aliphatic rings. The predicted molar refractivity (Wildman–Crippen MR) is 149 cm³/mol. The Morgan fingerprint density at radius 2 is 1.42 bits per heavy atom. The number of rotatable bonds is 3. The molecule has 1 N–H and O–H groups in total. The Balaban J connectivity index is 1.27. The third-order valence-electron chi connectivity index (χ3n) is 10.2. The summed E-state index contributed by atoms with van der Waals surface area (Å²) >= 11 is 0. The van der Waals surface area contributed by atoms with Crippen LogP contribution in [0.4, 0.5) is 11.4 Å². The first kappa shape index (κ1) is 20.8. The molecule has 0 radical (unpaired) electrons. The molecule has 0 saturated heterocycles. The van der Waals surface area contributed by atoms with Crippen molar-refractivity contribution in [2.45, 2.75) is 43.9 Å². The second-order valence-electron chi connectivity index (χ2n) is 11.8. The van der Waals surface area contributed by atoms with Gasteiger partial charge in [0.2, 0.25) is 0 Å². The monoisotopic (exact) mass is 467 g/mol. The molecular formula is C35H33N. The van der Waals surface area contributed by atoms with Crippen molar-refractivity contribution in [2.75, 3.05) is 5.32 Å². The molecule has 36 heavy (non-hydrogen) atoms. The molecule has 0 heterocycles. The largest absolute Gasteiger partial charge is 0.355 e. The van der Waals surface area contributed by atoms with E-state index in [9.17, 15) is 0 Å². The summed E-state index contributed by atoms with van der Waals surface area (Å²) in [6, 6.07) is 36.1. The molecule has 1 heteroatoms. The smallest absolute Gasteiger partial charge is 0.0463 e. The Kier molecular flexibility index (Phi) is 4.54. The van der Waals surface area contributed by atoms with E-state index in [0.717, 1.165) is 23.7 Å². The summed E-state index contributed by atoms with van der Waals surface area (Å²) in [6.07, 6.45) is 8.62. The highest BCUT2D eigenvalue weighted by atomic mass is 14.9. The Bertz CT molecular complexity index is 1450. The van der Waals surface area contributed by atoms with E-state index in [0.29, 0.717) is 0 Å². The first-order chi connectivity index (χ1) is 17.8. The topological polar surface area (TPSA) is 12.0 Å². The van der Waals surface area contributed by atoms with Gasteiger partial charge in [-0.1, -0.05) is 91.7 Å². The van der Waals surface area contributed by atoms with Crippen LogP contribution in [0.3, 0.4) is 0 Å². The van der Waals surface area contributed by atoms with Gasteiger partial charge in [0.05, 0.1) is 0 Å². The van der Waals surface area contributed by atoms with Crippen molar-refractivity contribution in [1.29, 1.82) is 0 Å². The van der Waals surface area contributed by atoms with Crippen LogP contribution in [0.25, 0.3) is 22.3 Å². The van der Waals surface area contributed by atoms with E-state index in [4.69, 9.17) is 0 Å². The van der Waals surface area contributed by atoms with Gasteiger partial charge in [0.25, 0.3) is 0 Å². The van der Waals surface area contributed by atoms with Crippen LogP contribution in [0.15, 0.2) is 97.1 Å². The lowest BCUT2D eigenvalue weighted by molar-refractivity contribution is 0.224. The molecule has 3 saturated carbocycles. The number of fused-ring (bicyclic) bond motifs is 9. The zero-order valence-electron chi connectivity index (χ0n) is 20.8. The van der Waals surface area contributed by atoms with E-state index < -0.39 is 0 Å². The fourth-order valence-corrected chi connectivity index (χ4v) is 9.06. The summed E-state index contributed by atoms with van der Waals surface area (Å²) in [5.74, 6) is 3.45. The van der Waals surface area contributed by atoms with Crippen LogP contribution in [0.2, 0.25) is 0 Å². The molecule has 5 atom stereocenters. The second-order valence-corrected chi connectivity index (χ2v) is 11.8. The normalized spacial score (nSPS) is 29.1. The summed E-state index contributed by atoms with van der Waals surface area (Å²) in [5, 5.41) is 3.85. The molecule has 1 nitrogen and oxygen atoms in total. The Labute approximate surface area is 214 Å². The van der Waals surface area contributed by atoms with Gasteiger partial charge in [0.15, 0.2) is 0 Å². The lowest BCUT2D eigenvalue weighted by atomic mass is 9.62. The number of hydrogen-bond acceptors (Lipinski definition) is 1. The van der Waals surface area contributed by atoms with E-state index in [2.05, 4.69) is 102 Å². The van der Waals surface area contributed by atoms with Crippen molar-refractivity contribution < 1.29 is 0 Å². The van der Waals surface area contributed by atoms with Crippen LogP contribution in [0, 0.1) is 23.7 Å². The van der Waals surface area contributed by atoms with Crippen LogP contribution in [-0.4, -0.2) is 0 Å². The molecule has 3 bridgehead atoms. The highest BCUT2D eigenvalue weighted by Crippen LogP contribution is 2.70. The van der Waals surface area contributed by atoms with Gasteiger partial charge in [0.1, 0.15) is 0 Å². The SMILES string of the molecule is c1ccc(-c2ccccc2Nc2ccc3c(c2)C2(c4ccccc4-3)C3CC4CCCC2C(C4)C3)cc1. The maximum atomic E-state index is 3.85. The minimum Gasteiger partial charge on any atom is -0.355 e. The molecule has 4 aliphatic carbocycles. The third-order valence-corrected chi connectivity index (χ3v) is 10.2. The average Bonchev–Trinajstić information content (AvgIpc) is 3.27. The van der Waals surface area contributed by atoms with Crippen LogP contribution in [0.1, 0.15) is 49.7 Å². The quantitative estimate of drug-likeness (QED) is 0.317. The number of anilines is 2.